The molecule has 1 unspecified atom stereocenters. The molecule has 1 aliphatic heterocycles. The third-order valence-corrected chi connectivity index (χ3v) is 8.50. The molecule has 3 heterocycles. The van der Waals surface area contributed by atoms with E-state index >= 15 is 4.39 Å². The van der Waals surface area contributed by atoms with Crippen LogP contribution in [0.4, 0.5) is 24.8 Å². The highest BCUT2D eigenvalue weighted by molar-refractivity contribution is 7.92. The fraction of sp³-hybridized carbons (Fsp3) is 0.208. The summed E-state index contributed by atoms with van der Waals surface area (Å²) in [6.45, 7) is 1.63. The number of rotatable bonds is 6. The summed E-state index contributed by atoms with van der Waals surface area (Å²) in [5, 5.41) is 4.11. The largest absolute Gasteiger partial charge is 0.368 e. The average molecular weight is 547 g/mol. The second kappa shape index (κ2) is 10.1. The van der Waals surface area contributed by atoms with Crippen molar-refractivity contribution in [2.75, 3.05) is 23.5 Å². The summed E-state index contributed by atoms with van der Waals surface area (Å²) in [4.78, 5) is 12.5. The van der Waals surface area contributed by atoms with E-state index in [9.17, 15) is 17.2 Å². The van der Waals surface area contributed by atoms with E-state index in [1.165, 1.54) is 35.7 Å². The van der Waals surface area contributed by atoms with Gasteiger partial charge in [-0.2, -0.15) is 0 Å². The Morgan fingerprint density at radius 3 is 2.70 bits per heavy atom. The zero-order valence-electron chi connectivity index (χ0n) is 19.2. The lowest BCUT2D eigenvalue weighted by atomic mass is 10.0. The monoisotopic (exact) mass is 546 g/mol. The molecule has 0 radical (unpaired) electrons. The van der Waals surface area contributed by atoms with E-state index in [0.29, 0.717) is 22.7 Å². The van der Waals surface area contributed by atoms with Crippen molar-refractivity contribution in [3.05, 3.63) is 71.1 Å². The van der Waals surface area contributed by atoms with Crippen molar-refractivity contribution in [3.63, 3.8) is 0 Å². The van der Waals surface area contributed by atoms with Crippen LogP contribution in [0.5, 0.6) is 0 Å². The zero-order chi connectivity index (χ0) is 26.2. The summed E-state index contributed by atoms with van der Waals surface area (Å²) in [5.41, 5.74) is 6.06. The molecule has 1 aliphatic rings. The smallest absolute Gasteiger partial charge is 0.265 e. The van der Waals surface area contributed by atoms with Crippen LogP contribution in [-0.2, 0) is 10.0 Å². The number of aromatic nitrogens is 3. The molecule has 8 nitrogen and oxygen atoms in total. The molecule has 1 atom stereocenters. The van der Waals surface area contributed by atoms with E-state index in [1.54, 1.807) is 6.07 Å². The molecular formula is C24H21F3N6O2S2. The van der Waals surface area contributed by atoms with Gasteiger partial charge in [0.25, 0.3) is 10.0 Å². The summed E-state index contributed by atoms with van der Waals surface area (Å²) in [6, 6.07) is 7.73. The highest BCUT2D eigenvalue weighted by Gasteiger charge is 2.27. The molecule has 0 saturated carbocycles. The minimum atomic E-state index is -4.64. The van der Waals surface area contributed by atoms with Crippen molar-refractivity contribution in [3.8, 4) is 21.8 Å². The van der Waals surface area contributed by atoms with E-state index in [4.69, 9.17) is 10.7 Å². The van der Waals surface area contributed by atoms with Gasteiger partial charge in [-0.3, -0.25) is 4.72 Å². The van der Waals surface area contributed by atoms with Crippen molar-refractivity contribution in [2.45, 2.75) is 23.7 Å². The van der Waals surface area contributed by atoms with Crippen LogP contribution in [0.15, 0.2) is 53.6 Å². The van der Waals surface area contributed by atoms with Crippen molar-refractivity contribution in [2.24, 2.45) is 0 Å². The molecule has 1 fully saturated rings. The standard InChI is InChI=1S/C24H21F3N6O2S2/c25-14-6-7-16(26)19(11-14)37(34,35)33-17-5-1-4-15(20(17)27)21-22(18-8-10-30-24(28)31-18)36-23(32-21)13-3-2-9-29-12-13/h1,4-8,10-11,13,29,33H,2-3,9,12H2,(H2,28,30,31). The number of nitrogen functional groups attached to an aromatic ring is 1. The van der Waals surface area contributed by atoms with Gasteiger partial charge < -0.3 is 11.1 Å². The van der Waals surface area contributed by atoms with E-state index in [2.05, 4.69) is 15.3 Å². The highest BCUT2D eigenvalue weighted by Crippen LogP contribution is 2.41. The van der Waals surface area contributed by atoms with Gasteiger partial charge in [0.15, 0.2) is 5.82 Å². The highest BCUT2D eigenvalue weighted by atomic mass is 32.2. The van der Waals surface area contributed by atoms with Crippen molar-refractivity contribution >= 4 is 33.0 Å². The number of sulfonamides is 1. The molecule has 5 rings (SSSR count). The number of halogens is 3. The van der Waals surface area contributed by atoms with Gasteiger partial charge in [-0.1, -0.05) is 6.07 Å². The van der Waals surface area contributed by atoms with E-state index < -0.39 is 38.1 Å². The second-order valence-corrected chi connectivity index (χ2v) is 11.1. The topological polar surface area (TPSA) is 123 Å². The predicted octanol–water partition coefficient (Wildman–Crippen LogP) is 4.53. The Kier molecular flexibility index (Phi) is 6.84. The van der Waals surface area contributed by atoms with Crippen LogP contribution < -0.4 is 15.8 Å². The van der Waals surface area contributed by atoms with Crippen LogP contribution in [-0.4, -0.2) is 36.5 Å². The second-order valence-electron chi connectivity index (χ2n) is 8.42. The van der Waals surface area contributed by atoms with Crippen molar-refractivity contribution in [1.29, 1.82) is 0 Å². The SMILES string of the molecule is Nc1nccc(-c2sc(C3CCCNC3)nc2-c2cccc(NS(=O)(=O)c3cc(F)ccc3F)c2F)n1. The molecule has 37 heavy (non-hydrogen) atoms. The third kappa shape index (κ3) is 5.15. The maximum atomic E-state index is 15.8. The molecular weight excluding hydrogens is 525 g/mol. The van der Waals surface area contributed by atoms with Gasteiger partial charge in [0.1, 0.15) is 16.5 Å². The van der Waals surface area contributed by atoms with E-state index in [1.807, 2.05) is 4.72 Å². The third-order valence-electron chi connectivity index (χ3n) is 5.88. The summed E-state index contributed by atoms with van der Waals surface area (Å²) in [5.74, 6) is -2.89. The number of thiazole rings is 1. The van der Waals surface area contributed by atoms with Crippen molar-refractivity contribution in [1.82, 2.24) is 20.3 Å². The van der Waals surface area contributed by atoms with Crippen LogP contribution in [0.3, 0.4) is 0 Å². The van der Waals surface area contributed by atoms with Gasteiger partial charge in [-0.05, 0) is 55.8 Å². The first-order valence-electron chi connectivity index (χ1n) is 11.3. The Hall–Kier alpha value is -3.55. The number of nitrogens with two attached hydrogens (primary N) is 1. The fourth-order valence-electron chi connectivity index (χ4n) is 4.11. The Balaban J connectivity index is 1.59. The molecule has 2 aromatic heterocycles. The maximum Gasteiger partial charge on any atom is 0.265 e. The van der Waals surface area contributed by atoms with Gasteiger partial charge in [0, 0.05) is 24.2 Å². The molecule has 192 valence electrons. The molecule has 0 spiro atoms. The quantitative estimate of drug-likeness (QED) is 0.325. The molecule has 0 bridgehead atoms. The van der Waals surface area contributed by atoms with E-state index in [0.717, 1.165) is 37.0 Å². The number of nitrogens with one attached hydrogen (secondary N) is 2. The first-order valence-corrected chi connectivity index (χ1v) is 13.6. The van der Waals surface area contributed by atoms with Gasteiger partial charge in [0.2, 0.25) is 5.95 Å². The maximum absolute atomic E-state index is 15.8. The van der Waals surface area contributed by atoms with Gasteiger partial charge in [-0.15, -0.1) is 11.3 Å². The normalized spacial score (nSPS) is 16.0. The summed E-state index contributed by atoms with van der Waals surface area (Å²) in [7, 11) is -4.64. The lowest BCUT2D eigenvalue weighted by Crippen LogP contribution is -2.28. The first-order chi connectivity index (χ1) is 17.7. The number of anilines is 2. The van der Waals surface area contributed by atoms with Gasteiger partial charge >= 0.3 is 0 Å². The molecule has 2 aromatic carbocycles. The summed E-state index contributed by atoms with van der Waals surface area (Å²) < 4.78 is 71.1. The first kappa shape index (κ1) is 25.1. The number of piperidine rings is 1. The Morgan fingerprint density at radius 2 is 1.95 bits per heavy atom. The minimum absolute atomic E-state index is 0.0124. The lowest BCUT2D eigenvalue weighted by Gasteiger charge is -2.20. The summed E-state index contributed by atoms with van der Waals surface area (Å²) >= 11 is 1.36. The van der Waals surface area contributed by atoms with Crippen LogP contribution in [0.25, 0.3) is 21.8 Å². The average Bonchev–Trinajstić information content (AvgIpc) is 3.32. The molecule has 0 aliphatic carbocycles. The van der Waals surface area contributed by atoms with Crippen LogP contribution in [0, 0.1) is 17.5 Å². The van der Waals surface area contributed by atoms with Gasteiger partial charge in [0.05, 0.1) is 27.0 Å². The Labute approximate surface area is 214 Å². The number of hydrogen-bond acceptors (Lipinski definition) is 8. The Bertz CT molecular complexity index is 1570. The number of hydrogen-bond donors (Lipinski definition) is 3. The summed E-state index contributed by atoms with van der Waals surface area (Å²) in [6.07, 6.45) is 3.36. The molecule has 0 amide bonds. The van der Waals surface area contributed by atoms with Crippen LogP contribution in [0.1, 0.15) is 23.8 Å². The Morgan fingerprint density at radius 1 is 1.11 bits per heavy atom. The molecule has 4 aromatic rings. The number of nitrogens with zero attached hydrogens (tertiary/aromatic N) is 3. The van der Waals surface area contributed by atoms with Crippen LogP contribution >= 0.6 is 11.3 Å². The van der Waals surface area contributed by atoms with Crippen LogP contribution in [0.2, 0.25) is 0 Å². The predicted molar refractivity (Wildman–Crippen MR) is 135 cm³/mol. The van der Waals surface area contributed by atoms with Crippen molar-refractivity contribution < 1.29 is 21.6 Å². The van der Waals surface area contributed by atoms with Gasteiger partial charge in [-0.25, -0.2) is 36.5 Å². The number of benzene rings is 2. The molecule has 1 saturated heterocycles. The molecule has 4 N–H and O–H groups in total. The zero-order valence-corrected chi connectivity index (χ0v) is 20.8. The molecule has 13 heteroatoms. The lowest BCUT2D eigenvalue weighted by molar-refractivity contribution is 0.460. The minimum Gasteiger partial charge on any atom is -0.368 e. The fourth-order valence-corrected chi connectivity index (χ4v) is 6.44. The van der Waals surface area contributed by atoms with E-state index in [-0.39, 0.29) is 23.1 Å².